The number of nitrogens with one attached hydrogen (secondary N) is 1. The SMILES string of the molecule is Cc1cc2c(-c3c(C(=O)O)cccc3S(=O)(=O)O)c3cc(C)c(=NCCCOOOS)cc-3oc2cc1NCCCS(=O)(=O)O. The Balaban J connectivity index is 1.99. The molecule has 0 bridgehead atoms. The van der Waals surface area contributed by atoms with Crippen molar-refractivity contribution in [2.24, 2.45) is 4.99 Å². The number of hydrogen-bond acceptors (Lipinski definition) is 12. The molecule has 0 saturated carbocycles. The average Bonchev–Trinajstić information content (AvgIpc) is 2.95. The summed E-state index contributed by atoms with van der Waals surface area (Å²) in [5, 5.41) is 18.3. The minimum atomic E-state index is -4.89. The van der Waals surface area contributed by atoms with Gasteiger partial charge in [-0.1, -0.05) is 11.1 Å². The average molecular weight is 683 g/mol. The monoisotopic (exact) mass is 682 g/mol. The molecule has 242 valence electrons. The lowest BCUT2D eigenvalue weighted by molar-refractivity contribution is -0.458. The van der Waals surface area contributed by atoms with E-state index in [9.17, 15) is 31.3 Å². The number of aryl methyl sites for hydroxylation is 2. The first kappa shape index (κ1) is 34.3. The van der Waals surface area contributed by atoms with Crippen LogP contribution in [0.15, 0.2) is 56.8 Å². The van der Waals surface area contributed by atoms with Gasteiger partial charge in [0.1, 0.15) is 16.2 Å². The van der Waals surface area contributed by atoms with Gasteiger partial charge in [-0.3, -0.25) is 14.1 Å². The van der Waals surface area contributed by atoms with Gasteiger partial charge in [0, 0.05) is 65.9 Å². The molecule has 0 aromatic heterocycles. The van der Waals surface area contributed by atoms with Crippen molar-refractivity contribution in [1.29, 1.82) is 0 Å². The highest BCUT2D eigenvalue weighted by molar-refractivity contribution is 7.86. The molecular weight excluding hydrogens is 653 g/mol. The maximum absolute atomic E-state index is 12.6. The van der Waals surface area contributed by atoms with Crippen LogP contribution in [-0.4, -0.2) is 62.5 Å². The number of rotatable bonds is 14. The molecule has 0 spiro atoms. The highest BCUT2D eigenvalue weighted by atomic mass is 32.2. The number of carboxylic acids is 1. The van der Waals surface area contributed by atoms with Crippen LogP contribution in [0.4, 0.5) is 5.69 Å². The van der Waals surface area contributed by atoms with Crippen LogP contribution < -0.4 is 10.7 Å². The van der Waals surface area contributed by atoms with Gasteiger partial charge in [0.05, 0.1) is 23.3 Å². The van der Waals surface area contributed by atoms with Crippen LogP contribution in [0.25, 0.3) is 33.4 Å². The number of thiol groups is 1. The van der Waals surface area contributed by atoms with Gasteiger partial charge in [0.15, 0.2) is 0 Å². The highest BCUT2D eigenvalue weighted by Gasteiger charge is 2.29. The van der Waals surface area contributed by atoms with Gasteiger partial charge in [-0.05, 0) is 62.1 Å². The van der Waals surface area contributed by atoms with Gasteiger partial charge in [-0.2, -0.15) is 16.8 Å². The van der Waals surface area contributed by atoms with E-state index in [0.717, 1.165) is 6.07 Å². The van der Waals surface area contributed by atoms with Gasteiger partial charge in [-0.25, -0.2) is 9.68 Å². The van der Waals surface area contributed by atoms with Crippen molar-refractivity contribution in [2.45, 2.75) is 31.6 Å². The Morgan fingerprint density at radius 2 is 1.78 bits per heavy atom. The number of nitrogens with zero attached hydrogens (tertiary/aromatic N) is 1. The molecule has 2 aliphatic rings. The fourth-order valence-electron chi connectivity index (χ4n) is 4.86. The molecule has 0 saturated heterocycles. The molecule has 2 aromatic carbocycles. The zero-order valence-corrected chi connectivity index (χ0v) is 26.5. The van der Waals surface area contributed by atoms with Crippen LogP contribution in [0, 0.1) is 13.8 Å². The number of anilines is 1. The predicted molar refractivity (Wildman–Crippen MR) is 166 cm³/mol. The highest BCUT2D eigenvalue weighted by Crippen LogP contribution is 2.45. The van der Waals surface area contributed by atoms with Crippen molar-refractivity contribution in [3.63, 3.8) is 0 Å². The normalized spacial score (nSPS) is 12.7. The molecule has 2 aromatic rings. The Morgan fingerprint density at radius 1 is 1.02 bits per heavy atom. The summed E-state index contributed by atoms with van der Waals surface area (Å²) in [5.74, 6) is -1.61. The first-order valence-electron chi connectivity index (χ1n) is 13.4. The number of benzene rings is 3. The minimum Gasteiger partial charge on any atom is -0.478 e. The van der Waals surface area contributed by atoms with Crippen LogP contribution in [0.1, 0.15) is 34.3 Å². The molecular formula is C28H30N2O12S3. The smallest absolute Gasteiger partial charge is 0.336 e. The number of fused-ring (bicyclic) bond motifs is 2. The molecule has 45 heavy (non-hydrogen) atoms. The molecule has 1 heterocycles. The Labute approximate surface area is 264 Å². The first-order valence-corrected chi connectivity index (χ1v) is 16.8. The number of carbonyl (C=O) groups is 1. The number of carboxylic acid groups (broad SMARTS) is 1. The van der Waals surface area contributed by atoms with Crippen molar-refractivity contribution in [2.75, 3.05) is 30.8 Å². The lowest BCUT2D eigenvalue weighted by Crippen LogP contribution is -2.12. The fraction of sp³-hybridized carbons (Fsp3) is 0.286. The van der Waals surface area contributed by atoms with E-state index < -0.39 is 36.9 Å². The first-order chi connectivity index (χ1) is 21.2. The van der Waals surface area contributed by atoms with Gasteiger partial charge >= 0.3 is 5.97 Å². The van der Waals surface area contributed by atoms with Crippen molar-refractivity contribution >= 4 is 55.8 Å². The standard InChI is InChI=1S/C28H30N2O12S3/c1-16-12-19-23(14-21(16)29-8-4-10-39-41-42-43)40-24-15-22(30-9-5-11-44(33,34)35)17(2)13-20(24)26(19)27-18(28(31)32)6-3-7-25(27)45(36,37)38/h3,6-7,12-15,30,43H,4-5,8-11H2,1-2H3,(H,31,32)(H,33,34,35)(H,36,37,38). The van der Waals surface area contributed by atoms with Crippen LogP contribution >= 0.6 is 12.9 Å². The second-order valence-corrected chi connectivity index (χ2v) is 13.1. The van der Waals surface area contributed by atoms with Gasteiger partial charge in [-0.15, -0.1) is 4.33 Å². The van der Waals surface area contributed by atoms with Gasteiger partial charge in [0.2, 0.25) is 0 Å². The zero-order valence-electron chi connectivity index (χ0n) is 24.0. The summed E-state index contributed by atoms with van der Waals surface area (Å²) in [6.07, 6.45) is 0.577. The second kappa shape index (κ2) is 14.3. The van der Waals surface area contributed by atoms with Crippen molar-refractivity contribution in [3.05, 3.63) is 64.5 Å². The lowest BCUT2D eigenvalue weighted by Gasteiger charge is -2.20. The van der Waals surface area contributed by atoms with Crippen molar-refractivity contribution in [1.82, 2.24) is 0 Å². The molecule has 4 rings (SSSR count). The molecule has 0 atom stereocenters. The molecule has 17 heteroatoms. The van der Waals surface area contributed by atoms with Crippen molar-refractivity contribution < 1.29 is 54.5 Å². The van der Waals surface area contributed by atoms with E-state index in [1.807, 2.05) is 0 Å². The second-order valence-electron chi connectivity index (χ2n) is 10.0. The molecule has 0 radical (unpaired) electrons. The molecule has 0 amide bonds. The summed E-state index contributed by atoms with van der Waals surface area (Å²) in [6, 6.07) is 10.2. The van der Waals surface area contributed by atoms with Gasteiger partial charge in [0.25, 0.3) is 20.2 Å². The Hall–Kier alpha value is -3.55. The van der Waals surface area contributed by atoms with E-state index in [4.69, 9.17) is 13.9 Å². The number of hydrogen-bond donors (Lipinski definition) is 5. The van der Waals surface area contributed by atoms with E-state index in [1.165, 1.54) is 12.1 Å². The summed E-state index contributed by atoms with van der Waals surface area (Å²) < 4.78 is 76.9. The largest absolute Gasteiger partial charge is 0.478 e. The molecule has 1 aliphatic heterocycles. The lowest BCUT2D eigenvalue weighted by atomic mass is 9.89. The minimum absolute atomic E-state index is 0.114. The summed E-state index contributed by atoms with van der Waals surface area (Å²) in [6.45, 7) is 4.21. The van der Waals surface area contributed by atoms with E-state index in [1.54, 1.807) is 38.1 Å². The Kier molecular flexibility index (Phi) is 10.9. The summed E-state index contributed by atoms with van der Waals surface area (Å²) >= 11 is 3.40. The maximum Gasteiger partial charge on any atom is 0.336 e. The predicted octanol–water partition coefficient (Wildman–Crippen LogP) is 4.47. The van der Waals surface area contributed by atoms with Crippen LogP contribution in [0.3, 0.4) is 0 Å². The zero-order chi connectivity index (χ0) is 32.9. The summed E-state index contributed by atoms with van der Waals surface area (Å²) in [4.78, 5) is 21.1. The third-order valence-corrected chi connectivity index (χ3v) is 8.57. The van der Waals surface area contributed by atoms with E-state index in [-0.39, 0.29) is 47.6 Å². The fourth-order valence-corrected chi connectivity index (χ4v) is 6.13. The third-order valence-electron chi connectivity index (χ3n) is 6.81. The topological polar surface area (TPSA) is 211 Å². The molecule has 1 aliphatic carbocycles. The molecule has 14 nitrogen and oxygen atoms in total. The van der Waals surface area contributed by atoms with E-state index in [2.05, 4.69) is 32.6 Å². The molecule has 0 fully saturated rings. The van der Waals surface area contributed by atoms with Crippen LogP contribution in [0.5, 0.6) is 0 Å². The summed E-state index contributed by atoms with van der Waals surface area (Å²) in [7, 11) is -9.03. The van der Waals surface area contributed by atoms with Crippen LogP contribution in [0.2, 0.25) is 0 Å². The van der Waals surface area contributed by atoms with Crippen molar-refractivity contribution in [3.8, 4) is 22.5 Å². The summed E-state index contributed by atoms with van der Waals surface area (Å²) in [5.41, 5.74) is 2.08. The number of aromatic carboxylic acids is 1. The maximum atomic E-state index is 12.6. The van der Waals surface area contributed by atoms with Crippen LogP contribution in [-0.2, 0) is 34.5 Å². The molecule has 0 unspecified atom stereocenters. The quantitative estimate of drug-likeness (QED) is 0.0237. The van der Waals surface area contributed by atoms with E-state index in [0.29, 0.717) is 46.1 Å². The molecule has 4 N–H and O–H groups in total. The Morgan fingerprint density at radius 3 is 2.44 bits per heavy atom. The van der Waals surface area contributed by atoms with E-state index >= 15 is 0 Å². The third kappa shape index (κ3) is 8.39. The Bertz CT molecular complexity index is 1990. The van der Waals surface area contributed by atoms with Gasteiger partial charge < -0.3 is 14.8 Å².